The summed E-state index contributed by atoms with van der Waals surface area (Å²) in [6.45, 7) is 5.82. The highest BCUT2D eigenvalue weighted by Crippen LogP contribution is 2.24. The number of benzene rings is 2. The van der Waals surface area contributed by atoms with E-state index in [1.807, 2.05) is 6.07 Å². The Morgan fingerprint density at radius 2 is 1.58 bits per heavy atom. The highest BCUT2D eigenvalue weighted by Gasteiger charge is 2.07. The minimum absolute atomic E-state index is 0.0476. The lowest BCUT2D eigenvalue weighted by Gasteiger charge is -2.21. The van der Waals surface area contributed by atoms with Crippen LogP contribution in [0.1, 0.15) is 57.9 Å². The minimum Gasteiger partial charge on any atom is -0.507 e. The fraction of sp³-hybridized carbons (Fsp3) is 0.400. The standard InChI is InChI=1S/C25H34N4O4/c1-3-29(4-2)20-16-15-19(23(31)17-20)18-26-28-25(33)14-8-6-5-7-13-24(32)27-21-11-9-10-12-22(21)30/h9-12,15-18,30-31H,3-8,13-14H2,1-2H3,(H,27,32)(H,28,33)/b26-18+. The molecule has 0 unspecified atom stereocenters. The summed E-state index contributed by atoms with van der Waals surface area (Å²) in [4.78, 5) is 26.0. The Morgan fingerprint density at radius 3 is 2.21 bits per heavy atom. The molecule has 2 aromatic carbocycles. The van der Waals surface area contributed by atoms with Crippen molar-refractivity contribution in [3.8, 4) is 11.5 Å². The summed E-state index contributed by atoms with van der Waals surface area (Å²) in [7, 11) is 0. The van der Waals surface area contributed by atoms with Crippen molar-refractivity contribution in [1.29, 1.82) is 0 Å². The summed E-state index contributed by atoms with van der Waals surface area (Å²) in [5.41, 5.74) is 4.37. The Labute approximate surface area is 195 Å². The van der Waals surface area contributed by atoms with Crippen LogP contribution in [0.3, 0.4) is 0 Å². The highest BCUT2D eigenvalue weighted by molar-refractivity contribution is 5.92. The van der Waals surface area contributed by atoms with E-state index in [1.54, 1.807) is 30.3 Å². The number of unbranched alkanes of at least 4 members (excludes halogenated alkanes) is 3. The van der Waals surface area contributed by atoms with E-state index < -0.39 is 0 Å². The fourth-order valence-electron chi connectivity index (χ4n) is 3.37. The molecule has 8 nitrogen and oxygen atoms in total. The molecule has 0 bridgehead atoms. The molecule has 2 aromatic rings. The Morgan fingerprint density at radius 1 is 0.909 bits per heavy atom. The molecule has 0 saturated carbocycles. The van der Waals surface area contributed by atoms with Gasteiger partial charge < -0.3 is 20.4 Å². The van der Waals surface area contributed by atoms with Crippen molar-refractivity contribution in [2.24, 2.45) is 5.10 Å². The van der Waals surface area contributed by atoms with Gasteiger partial charge in [0.1, 0.15) is 11.5 Å². The highest BCUT2D eigenvalue weighted by atomic mass is 16.3. The molecule has 0 spiro atoms. The van der Waals surface area contributed by atoms with E-state index in [1.165, 1.54) is 12.3 Å². The van der Waals surface area contributed by atoms with Gasteiger partial charge in [-0.1, -0.05) is 25.0 Å². The molecule has 2 rings (SSSR count). The third-order valence-corrected chi connectivity index (χ3v) is 5.27. The number of nitrogens with one attached hydrogen (secondary N) is 2. The number of carbonyl (C=O) groups excluding carboxylic acids is 2. The van der Waals surface area contributed by atoms with Gasteiger partial charge in [0.2, 0.25) is 11.8 Å². The van der Waals surface area contributed by atoms with Crippen LogP contribution in [-0.4, -0.2) is 41.3 Å². The van der Waals surface area contributed by atoms with Crippen LogP contribution in [0.5, 0.6) is 11.5 Å². The summed E-state index contributed by atoms with van der Waals surface area (Å²) in [5.74, 6) is -0.171. The van der Waals surface area contributed by atoms with Crippen LogP contribution in [0.2, 0.25) is 0 Å². The molecule has 4 N–H and O–H groups in total. The molecule has 0 saturated heterocycles. The van der Waals surface area contributed by atoms with Crippen LogP contribution in [0, 0.1) is 0 Å². The van der Waals surface area contributed by atoms with Crippen molar-refractivity contribution in [1.82, 2.24) is 5.43 Å². The lowest BCUT2D eigenvalue weighted by Crippen LogP contribution is -2.21. The van der Waals surface area contributed by atoms with E-state index in [-0.39, 0.29) is 23.3 Å². The number of amides is 2. The van der Waals surface area contributed by atoms with Crippen LogP contribution < -0.4 is 15.6 Å². The first-order valence-electron chi connectivity index (χ1n) is 11.4. The average molecular weight is 455 g/mol. The number of para-hydroxylation sites is 2. The van der Waals surface area contributed by atoms with Crippen LogP contribution in [0.4, 0.5) is 11.4 Å². The molecular formula is C25H34N4O4. The van der Waals surface area contributed by atoms with Crippen LogP contribution >= 0.6 is 0 Å². The lowest BCUT2D eigenvalue weighted by molar-refractivity contribution is -0.121. The van der Waals surface area contributed by atoms with E-state index in [0.717, 1.165) is 31.6 Å². The van der Waals surface area contributed by atoms with Gasteiger partial charge in [0, 0.05) is 43.2 Å². The SMILES string of the molecule is CCN(CC)c1ccc(/C=N/NC(=O)CCCCCCC(=O)Nc2ccccc2O)c(O)c1. The number of carbonyl (C=O) groups is 2. The van der Waals surface area contributed by atoms with E-state index >= 15 is 0 Å². The zero-order valence-corrected chi connectivity index (χ0v) is 19.4. The maximum absolute atomic E-state index is 11.9. The van der Waals surface area contributed by atoms with Crippen LogP contribution in [-0.2, 0) is 9.59 Å². The molecule has 178 valence electrons. The molecule has 0 aromatic heterocycles. The van der Waals surface area contributed by atoms with Crippen LogP contribution in [0.15, 0.2) is 47.6 Å². The monoisotopic (exact) mass is 454 g/mol. The fourth-order valence-corrected chi connectivity index (χ4v) is 3.37. The zero-order valence-electron chi connectivity index (χ0n) is 19.4. The van der Waals surface area contributed by atoms with E-state index in [2.05, 4.69) is 34.6 Å². The van der Waals surface area contributed by atoms with E-state index in [4.69, 9.17) is 0 Å². The number of hydrogen-bond acceptors (Lipinski definition) is 6. The van der Waals surface area contributed by atoms with Gasteiger partial charge >= 0.3 is 0 Å². The molecule has 0 aliphatic rings. The van der Waals surface area contributed by atoms with Crippen molar-refractivity contribution < 1.29 is 19.8 Å². The van der Waals surface area contributed by atoms with Gasteiger partial charge in [0.15, 0.2) is 0 Å². The molecule has 0 radical (unpaired) electrons. The smallest absolute Gasteiger partial charge is 0.240 e. The van der Waals surface area contributed by atoms with Crippen molar-refractivity contribution in [3.63, 3.8) is 0 Å². The van der Waals surface area contributed by atoms with Gasteiger partial charge in [0.05, 0.1) is 11.9 Å². The topological polar surface area (TPSA) is 114 Å². The first kappa shape index (κ1) is 25.7. The second-order valence-corrected chi connectivity index (χ2v) is 7.69. The molecule has 0 aliphatic heterocycles. The number of hydrogen-bond donors (Lipinski definition) is 4. The molecule has 0 heterocycles. The molecule has 0 atom stereocenters. The number of nitrogens with zero attached hydrogens (tertiary/aromatic N) is 2. The summed E-state index contributed by atoms with van der Waals surface area (Å²) in [6, 6.07) is 12.0. The van der Waals surface area contributed by atoms with E-state index in [0.29, 0.717) is 36.9 Å². The third kappa shape index (κ3) is 8.84. The van der Waals surface area contributed by atoms with E-state index in [9.17, 15) is 19.8 Å². The second-order valence-electron chi connectivity index (χ2n) is 7.69. The normalized spacial score (nSPS) is 10.8. The van der Waals surface area contributed by atoms with Gasteiger partial charge in [-0.15, -0.1) is 0 Å². The predicted molar refractivity (Wildman–Crippen MR) is 132 cm³/mol. The van der Waals surface area contributed by atoms with Crippen LogP contribution in [0.25, 0.3) is 0 Å². The van der Waals surface area contributed by atoms with Crippen molar-refractivity contribution in [2.75, 3.05) is 23.3 Å². The number of anilines is 2. The third-order valence-electron chi connectivity index (χ3n) is 5.27. The first-order valence-corrected chi connectivity index (χ1v) is 11.4. The van der Waals surface area contributed by atoms with Gasteiger partial charge in [-0.05, 0) is 51.0 Å². The summed E-state index contributed by atoms with van der Waals surface area (Å²) in [6.07, 6.45) is 5.21. The number of hydrazone groups is 1. The molecule has 2 amide bonds. The van der Waals surface area contributed by atoms with Crippen molar-refractivity contribution >= 4 is 29.4 Å². The number of phenolic OH excluding ortho intramolecular Hbond substituents is 2. The molecule has 0 aliphatic carbocycles. The Bertz CT molecular complexity index is 942. The summed E-state index contributed by atoms with van der Waals surface area (Å²) >= 11 is 0. The maximum Gasteiger partial charge on any atom is 0.240 e. The summed E-state index contributed by atoms with van der Waals surface area (Å²) in [5, 5.41) is 26.5. The molecular weight excluding hydrogens is 420 g/mol. The summed E-state index contributed by atoms with van der Waals surface area (Å²) < 4.78 is 0. The predicted octanol–water partition coefficient (Wildman–Crippen LogP) is 4.37. The first-order chi connectivity index (χ1) is 15.9. The van der Waals surface area contributed by atoms with Crippen molar-refractivity contribution in [3.05, 3.63) is 48.0 Å². The zero-order chi connectivity index (χ0) is 24.1. The van der Waals surface area contributed by atoms with Crippen molar-refractivity contribution in [2.45, 2.75) is 52.4 Å². The largest absolute Gasteiger partial charge is 0.507 e. The number of aromatic hydroxyl groups is 2. The maximum atomic E-state index is 11.9. The minimum atomic E-state index is -0.192. The van der Waals surface area contributed by atoms with Gasteiger partial charge in [-0.25, -0.2) is 5.43 Å². The number of rotatable bonds is 13. The lowest BCUT2D eigenvalue weighted by atomic mass is 10.1. The number of phenols is 2. The van der Waals surface area contributed by atoms with Gasteiger partial charge in [0.25, 0.3) is 0 Å². The quantitative estimate of drug-likeness (QED) is 0.155. The van der Waals surface area contributed by atoms with Gasteiger partial charge in [-0.3, -0.25) is 9.59 Å². The Hall–Kier alpha value is -3.55. The molecule has 0 fully saturated rings. The molecule has 8 heteroatoms. The Kier molecular flexibility index (Phi) is 10.7. The Balaban J connectivity index is 1.61. The average Bonchev–Trinajstić information content (AvgIpc) is 2.80. The van der Waals surface area contributed by atoms with Gasteiger partial charge in [-0.2, -0.15) is 5.10 Å². The molecule has 33 heavy (non-hydrogen) atoms. The second kappa shape index (κ2) is 13.8.